The van der Waals surface area contributed by atoms with Crippen molar-refractivity contribution in [2.24, 2.45) is 17.8 Å². The van der Waals surface area contributed by atoms with E-state index in [1.165, 1.54) is 5.57 Å². The monoisotopic (exact) mass is 590 g/mol. The number of aliphatic hydroxyl groups excluding tert-OH is 1. The second kappa shape index (κ2) is 17.7. The van der Waals surface area contributed by atoms with Crippen molar-refractivity contribution in [2.45, 2.75) is 39.1 Å². The number of hydrogen-bond acceptors (Lipinski definition) is 7. The highest BCUT2D eigenvalue weighted by Crippen LogP contribution is 2.53. The van der Waals surface area contributed by atoms with E-state index in [1.807, 2.05) is 72.8 Å². The van der Waals surface area contributed by atoms with Gasteiger partial charge < -0.3 is 33.5 Å². The zero-order valence-corrected chi connectivity index (χ0v) is 25.7. The molecule has 0 heterocycles. The van der Waals surface area contributed by atoms with Crippen molar-refractivity contribution in [3.05, 3.63) is 101 Å². The molecule has 0 saturated heterocycles. The summed E-state index contributed by atoms with van der Waals surface area (Å²) in [5, 5.41) is 10.2. The molecule has 1 aliphatic carbocycles. The highest BCUT2D eigenvalue weighted by molar-refractivity contribution is 5.28. The van der Waals surface area contributed by atoms with E-state index in [1.54, 1.807) is 21.3 Å². The Morgan fingerprint density at radius 3 is 1.49 bits per heavy atom. The molecule has 7 heteroatoms. The number of benzene rings is 3. The molecule has 3 aromatic carbocycles. The Morgan fingerprint density at radius 2 is 1.05 bits per heavy atom. The molecule has 0 aromatic heterocycles. The first kappa shape index (κ1) is 32.6. The lowest BCUT2D eigenvalue weighted by molar-refractivity contribution is 0.112. The molecule has 0 amide bonds. The summed E-state index contributed by atoms with van der Waals surface area (Å²) in [6.07, 6.45) is 4.87. The highest BCUT2D eigenvalue weighted by atomic mass is 16.5. The Morgan fingerprint density at radius 1 is 0.605 bits per heavy atom. The van der Waals surface area contributed by atoms with Gasteiger partial charge in [-0.3, -0.25) is 0 Å². The minimum atomic E-state index is 0.186. The summed E-state index contributed by atoms with van der Waals surface area (Å²) in [5.41, 5.74) is 4.71. The first-order valence-electron chi connectivity index (χ1n) is 15.1. The van der Waals surface area contributed by atoms with Crippen molar-refractivity contribution >= 4 is 0 Å². The Kier molecular flexibility index (Phi) is 13.4. The van der Waals surface area contributed by atoms with Gasteiger partial charge in [-0.2, -0.15) is 0 Å². The van der Waals surface area contributed by atoms with Crippen LogP contribution >= 0.6 is 0 Å². The van der Waals surface area contributed by atoms with Crippen molar-refractivity contribution in [3.8, 4) is 17.2 Å². The lowest BCUT2D eigenvalue weighted by Gasteiger charge is -2.11. The fourth-order valence-corrected chi connectivity index (χ4v) is 5.51. The summed E-state index contributed by atoms with van der Waals surface area (Å²) < 4.78 is 33.7. The summed E-state index contributed by atoms with van der Waals surface area (Å²) in [7, 11) is 5.00. The molecule has 0 radical (unpaired) electrons. The van der Waals surface area contributed by atoms with Crippen LogP contribution in [0.25, 0.3) is 0 Å². The average molecular weight is 591 g/mol. The van der Waals surface area contributed by atoms with E-state index < -0.39 is 0 Å². The van der Waals surface area contributed by atoms with Gasteiger partial charge in [0.2, 0.25) is 0 Å². The second-order valence-corrected chi connectivity index (χ2v) is 10.8. The van der Waals surface area contributed by atoms with Gasteiger partial charge in [-0.25, -0.2) is 0 Å². The number of aliphatic hydroxyl groups is 1. The molecule has 4 rings (SSSR count). The van der Waals surface area contributed by atoms with Crippen molar-refractivity contribution in [2.75, 3.05) is 47.8 Å². The van der Waals surface area contributed by atoms with E-state index in [9.17, 15) is 5.11 Å². The zero-order valence-electron chi connectivity index (χ0n) is 25.7. The quantitative estimate of drug-likeness (QED) is 0.117. The Labute approximate surface area is 256 Å². The second-order valence-electron chi connectivity index (χ2n) is 10.8. The molecule has 7 nitrogen and oxygen atoms in total. The first-order chi connectivity index (χ1) is 21.1. The summed E-state index contributed by atoms with van der Waals surface area (Å²) in [5.74, 6) is 3.54. The number of ether oxygens (including phenoxy) is 6. The van der Waals surface area contributed by atoms with Crippen LogP contribution in [0.4, 0.5) is 0 Å². The predicted octanol–water partition coefficient (Wildman–Crippen LogP) is 6.61. The summed E-state index contributed by atoms with van der Waals surface area (Å²) in [4.78, 5) is 0. The molecule has 1 saturated carbocycles. The van der Waals surface area contributed by atoms with Gasteiger partial charge in [0.25, 0.3) is 0 Å². The summed E-state index contributed by atoms with van der Waals surface area (Å²) >= 11 is 0. The van der Waals surface area contributed by atoms with Crippen molar-refractivity contribution < 1.29 is 33.5 Å². The Bertz CT molecular complexity index is 1220. The lowest BCUT2D eigenvalue weighted by atomic mass is 10.0. The molecule has 1 N–H and O–H groups in total. The molecular weight excluding hydrogens is 544 g/mol. The number of rotatable bonds is 20. The van der Waals surface area contributed by atoms with Gasteiger partial charge >= 0.3 is 0 Å². The Balaban J connectivity index is 1.27. The molecule has 0 spiro atoms. The molecule has 0 aliphatic heterocycles. The fraction of sp³-hybridized carbons (Fsp3) is 0.444. The fourth-order valence-electron chi connectivity index (χ4n) is 5.51. The molecule has 43 heavy (non-hydrogen) atoms. The smallest absolute Gasteiger partial charge is 0.118 e. The third-order valence-electron chi connectivity index (χ3n) is 8.05. The van der Waals surface area contributed by atoms with Gasteiger partial charge in [0.15, 0.2) is 0 Å². The van der Waals surface area contributed by atoms with Crippen LogP contribution in [0.5, 0.6) is 17.2 Å². The van der Waals surface area contributed by atoms with E-state index in [4.69, 9.17) is 28.4 Å². The summed E-state index contributed by atoms with van der Waals surface area (Å²) in [6, 6.07) is 23.9. The van der Waals surface area contributed by atoms with E-state index >= 15 is 0 Å². The van der Waals surface area contributed by atoms with Crippen molar-refractivity contribution in [1.82, 2.24) is 0 Å². The minimum absolute atomic E-state index is 0.186. The summed E-state index contributed by atoms with van der Waals surface area (Å²) in [6.45, 7) is 3.79. The average Bonchev–Trinajstić information content (AvgIpc) is 3.77. The van der Waals surface area contributed by atoms with Crippen molar-refractivity contribution in [1.29, 1.82) is 0 Å². The predicted molar refractivity (Wildman–Crippen MR) is 167 cm³/mol. The van der Waals surface area contributed by atoms with Crippen LogP contribution in [-0.4, -0.2) is 52.9 Å². The molecule has 3 aromatic rings. The van der Waals surface area contributed by atoms with Crippen LogP contribution < -0.4 is 14.2 Å². The molecule has 1 fully saturated rings. The molecule has 3 unspecified atom stereocenters. The van der Waals surface area contributed by atoms with Crippen LogP contribution in [0.1, 0.15) is 36.0 Å². The molecule has 232 valence electrons. The maximum absolute atomic E-state index is 10.2. The lowest BCUT2D eigenvalue weighted by Crippen LogP contribution is -2.02. The number of methoxy groups -OCH3 is 3. The molecule has 3 atom stereocenters. The van der Waals surface area contributed by atoms with Gasteiger partial charge in [-0.05, 0) is 90.1 Å². The molecule has 0 bridgehead atoms. The SMILES string of the molecule is COc1ccc(COCC/C=C(\CCOCc2ccc(OC)cc2)C2C(CO)C2CCOCc2ccc(OC)cc2)cc1. The van der Waals surface area contributed by atoms with Gasteiger partial charge in [0.05, 0.1) is 54.4 Å². The highest BCUT2D eigenvalue weighted by Gasteiger charge is 2.50. The van der Waals surface area contributed by atoms with Gasteiger partial charge in [-0.1, -0.05) is 48.0 Å². The standard InChI is InChI=1S/C36H46O7/c1-38-31-12-6-27(7-13-31)24-41-20-4-5-30(18-21-42-25-28-8-14-32(39-2)15-9-28)36-34(35(36)23-37)19-22-43-26-29-10-16-33(40-3)17-11-29/h5-17,34-37H,4,18-26H2,1-3H3/b30-5+. The van der Waals surface area contributed by atoms with Gasteiger partial charge in [-0.15, -0.1) is 0 Å². The maximum atomic E-state index is 10.2. The number of hydrogen-bond donors (Lipinski definition) is 1. The van der Waals surface area contributed by atoms with Crippen LogP contribution in [0.15, 0.2) is 84.4 Å². The topological polar surface area (TPSA) is 75.6 Å². The third kappa shape index (κ3) is 10.4. The largest absolute Gasteiger partial charge is 0.497 e. The zero-order chi connectivity index (χ0) is 30.3. The minimum Gasteiger partial charge on any atom is -0.497 e. The van der Waals surface area contributed by atoms with Gasteiger partial charge in [0, 0.05) is 13.2 Å². The normalized spacial score (nSPS) is 18.0. The van der Waals surface area contributed by atoms with Crippen LogP contribution in [0.3, 0.4) is 0 Å². The van der Waals surface area contributed by atoms with E-state index in [0.29, 0.717) is 51.5 Å². The van der Waals surface area contributed by atoms with E-state index in [0.717, 1.165) is 53.2 Å². The van der Waals surface area contributed by atoms with E-state index in [-0.39, 0.29) is 12.5 Å². The first-order valence-corrected chi connectivity index (χ1v) is 15.1. The van der Waals surface area contributed by atoms with Crippen molar-refractivity contribution in [3.63, 3.8) is 0 Å². The van der Waals surface area contributed by atoms with Crippen LogP contribution in [0, 0.1) is 17.8 Å². The van der Waals surface area contributed by atoms with Crippen LogP contribution in [0.2, 0.25) is 0 Å². The van der Waals surface area contributed by atoms with Gasteiger partial charge in [0.1, 0.15) is 17.2 Å². The maximum Gasteiger partial charge on any atom is 0.118 e. The van der Waals surface area contributed by atoms with E-state index in [2.05, 4.69) is 6.08 Å². The molecular formula is C36H46O7. The Hall–Kier alpha value is -3.36. The van der Waals surface area contributed by atoms with Crippen LogP contribution in [-0.2, 0) is 34.0 Å². The molecule has 1 aliphatic rings. The third-order valence-corrected chi connectivity index (χ3v) is 8.05.